The van der Waals surface area contributed by atoms with E-state index in [1.54, 1.807) is 7.98 Å². The van der Waals surface area contributed by atoms with Crippen LogP contribution in [0.2, 0.25) is 0 Å². The van der Waals surface area contributed by atoms with Crippen LogP contribution in [0.3, 0.4) is 0 Å². The molecule has 7 heteroatoms. The van der Waals surface area contributed by atoms with Crippen molar-refractivity contribution in [2.45, 2.75) is 25.4 Å². The Labute approximate surface area is 109 Å². The Morgan fingerprint density at radius 3 is 3.00 bits per heavy atom. The van der Waals surface area contributed by atoms with Gasteiger partial charge in [0.2, 0.25) is 0 Å². The van der Waals surface area contributed by atoms with Gasteiger partial charge in [0.05, 0.1) is 21.7 Å². The lowest BCUT2D eigenvalue weighted by atomic mass is 10.1. The molecule has 0 fully saturated rings. The van der Waals surface area contributed by atoms with Crippen LogP contribution in [-0.4, -0.2) is 30.9 Å². The molecule has 0 spiro atoms. The molecule has 0 aromatic heterocycles. The topological polar surface area (TPSA) is 61.7 Å². The molecule has 2 atom stereocenters. The Balaban J connectivity index is 2.26. The number of phenolic OH excluding ortho intramolecular Hbond substituents is 1. The van der Waals surface area contributed by atoms with E-state index in [2.05, 4.69) is 5.00 Å². The number of hydrogen-bond donors (Lipinski definition) is 3. The van der Waals surface area contributed by atoms with Gasteiger partial charge in [-0.2, -0.15) is 0 Å². The third-order valence-electron chi connectivity index (χ3n) is 2.47. The maximum atomic E-state index is 13.0. The molecule has 0 amide bonds. The number of aryl methyl sites for hydroxylation is 1. The van der Waals surface area contributed by atoms with Crippen molar-refractivity contribution >= 4 is 16.9 Å². The first-order valence-electron chi connectivity index (χ1n) is 5.82. The van der Waals surface area contributed by atoms with Gasteiger partial charge in [-0.05, 0) is 43.0 Å². The van der Waals surface area contributed by atoms with Crippen LogP contribution < -0.4 is 5.00 Å². The number of aliphatic hydroxyl groups excluding tert-OH is 1. The molecule has 0 aliphatic heterocycles. The van der Waals surface area contributed by atoms with E-state index in [0.717, 1.165) is 0 Å². The Kier molecular flexibility index (Phi) is 7.20. The summed E-state index contributed by atoms with van der Waals surface area (Å²) in [4.78, 5) is 2.84. The maximum absolute atomic E-state index is 13.0. The number of hydrogen-bond acceptors (Lipinski definition) is 4. The highest BCUT2D eigenvalue weighted by Gasteiger charge is 2.07. The molecule has 0 aliphatic carbocycles. The van der Waals surface area contributed by atoms with Crippen molar-refractivity contribution in [3.63, 3.8) is 0 Å². The normalized spacial score (nSPS) is 13.2. The predicted molar refractivity (Wildman–Crippen MR) is 73.0 cm³/mol. The van der Waals surface area contributed by atoms with Crippen LogP contribution in [0.15, 0.2) is 18.2 Å². The van der Waals surface area contributed by atoms with Gasteiger partial charge < -0.3 is 19.7 Å². The number of nitrogens with one attached hydrogen (secondary N) is 1. The zero-order chi connectivity index (χ0) is 13.4. The zero-order valence-corrected chi connectivity index (χ0v) is 11.3. The number of aromatic hydroxyl groups is 1. The SMILES string of the molecule is BNPOCC(O)CCCc1cc(F)ccc1O. The monoisotopic (exact) mass is 273 g/mol. The summed E-state index contributed by atoms with van der Waals surface area (Å²) in [6, 6.07) is 3.89. The first kappa shape index (κ1) is 15.4. The van der Waals surface area contributed by atoms with Gasteiger partial charge in [0, 0.05) is 0 Å². The minimum atomic E-state index is -0.526. The summed E-state index contributed by atoms with van der Waals surface area (Å²) in [6.07, 6.45) is 1.24. The Bertz CT molecular complexity index is 370. The number of halogens is 1. The Hall–Kier alpha value is -0.675. The molecule has 0 bridgehead atoms. The summed E-state index contributed by atoms with van der Waals surface area (Å²) in [5.74, 6) is -0.263. The molecule has 0 saturated heterocycles. The smallest absolute Gasteiger partial charge is 0.188 e. The molecule has 1 aromatic carbocycles. The standard InChI is InChI=1S/C11H18BFNO3P/c12-14-18-17-7-10(15)3-1-2-8-6-9(13)4-5-11(8)16/h4-6,10,14-16,18H,1-3,7,12H2. The van der Waals surface area contributed by atoms with Gasteiger partial charge in [0.25, 0.3) is 0 Å². The van der Waals surface area contributed by atoms with Crippen LogP contribution in [0.1, 0.15) is 18.4 Å². The van der Waals surface area contributed by atoms with E-state index in [1.807, 2.05) is 0 Å². The third kappa shape index (κ3) is 5.78. The molecule has 0 heterocycles. The molecular formula is C11H18BFNO3P. The molecule has 2 unspecified atom stereocenters. The van der Waals surface area contributed by atoms with Gasteiger partial charge in [0.15, 0.2) is 7.98 Å². The molecular weight excluding hydrogens is 255 g/mol. The number of rotatable bonds is 8. The second-order valence-corrected chi connectivity index (χ2v) is 4.97. The molecule has 0 saturated carbocycles. The van der Waals surface area contributed by atoms with E-state index in [1.165, 1.54) is 18.2 Å². The van der Waals surface area contributed by atoms with Gasteiger partial charge in [-0.25, -0.2) is 4.39 Å². The number of phenols is 1. The minimum Gasteiger partial charge on any atom is -0.508 e. The molecule has 18 heavy (non-hydrogen) atoms. The molecule has 3 N–H and O–H groups in total. The van der Waals surface area contributed by atoms with Crippen molar-refractivity contribution < 1.29 is 19.1 Å². The van der Waals surface area contributed by atoms with E-state index in [4.69, 9.17) is 4.52 Å². The fourth-order valence-electron chi connectivity index (χ4n) is 1.58. The average Bonchev–Trinajstić information content (AvgIpc) is 2.34. The van der Waals surface area contributed by atoms with E-state index in [0.29, 0.717) is 24.8 Å². The van der Waals surface area contributed by atoms with Gasteiger partial charge in [-0.1, -0.05) is 0 Å². The van der Waals surface area contributed by atoms with Gasteiger partial charge in [-0.3, -0.25) is 0 Å². The van der Waals surface area contributed by atoms with Crippen LogP contribution >= 0.6 is 8.96 Å². The predicted octanol–water partition coefficient (Wildman–Crippen LogP) is 0.878. The van der Waals surface area contributed by atoms with Crippen molar-refractivity contribution in [1.29, 1.82) is 0 Å². The van der Waals surface area contributed by atoms with E-state index in [-0.39, 0.29) is 27.1 Å². The first-order valence-corrected chi connectivity index (χ1v) is 6.73. The molecule has 1 rings (SSSR count). The van der Waals surface area contributed by atoms with Crippen LogP contribution in [0, 0.1) is 5.82 Å². The summed E-state index contributed by atoms with van der Waals surface area (Å²) in [6.45, 7) is 0.286. The summed E-state index contributed by atoms with van der Waals surface area (Å²) in [5.41, 5.74) is 0.570. The van der Waals surface area contributed by atoms with E-state index >= 15 is 0 Å². The third-order valence-corrected chi connectivity index (χ3v) is 2.99. The highest BCUT2D eigenvalue weighted by atomic mass is 31.1. The first-order chi connectivity index (χ1) is 8.63. The van der Waals surface area contributed by atoms with Crippen molar-refractivity contribution in [1.82, 2.24) is 5.00 Å². The van der Waals surface area contributed by atoms with Crippen molar-refractivity contribution in [3.8, 4) is 5.75 Å². The van der Waals surface area contributed by atoms with Gasteiger partial charge in [-0.15, -0.1) is 0 Å². The molecule has 0 aliphatic rings. The van der Waals surface area contributed by atoms with Gasteiger partial charge >= 0.3 is 0 Å². The fraction of sp³-hybridized carbons (Fsp3) is 0.455. The number of benzene rings is 1. The Morgan fingerprint density at radius 1 is 1.50 bits per heavy atom. The Morgan fingerprint density at radius 2 is 2.28 bits per heavy atom. The highest BCUT2D eigenvalue weighted by molar-refractivity contribution is 7.31. The lowest BCUT2D eigenvalue weighted by Gasteiger charge is -2.11. The van der Waals surface area contributed by atoms with E-state index in [9.17, 15) is 14.6 Å². The second-order valence-electron chi connectivity index (χ2n) is 3.98. The fourth-order valence-corrected chi connectivity index (χ4v) is 2.00. The van der Waals surface area contributed by atoms with Crippen LogP contribution in [0.4, 0.5) is 4.39 Å². The largest absolute Gasteiger partial charge is 0.508 e. The van der Waals surface area contributed by atoms with Crippen LogP contribution in [0.5, 0.6) is 5.75 Å². The van der Waals surface area contributed by atoms with Gasteiger partial charge in [0.1, 0.15) is 11.6 Å². The van der Waals surface area contributed by atoms with Crippen molar-refractivity contribution in [3.05, 3.63) is 29.6 Å². The summed E-state index contributed by atoms with van der Waals surface area (Å²) in [5, 5.41) is 19.1. The highest BCUT2D eigenvalue weighted by Crippen LogP contribution is 2.20. The quantitative estimate of drug-likeness (QED) is 0.374. The minimum absolute atomic E-state index is 0.0961. The van der Waals surface area contributed by atoms with Crippen LogP contribution in [0.25, 0.3) is 0 Å². The van der Waals surface area contributed by atoms with Crippen molar-refractivity contribution in [2.24, 2.45) is 0 Å². The zero-order valence-electron chi connectivity index (χ0n) is 10.3. The summed E-state index contributed by atoms with van der Waals surface area (Å²) in [7, 11) is 1.96. The average molecular weight is 273 g/mol. The van der Waals surface area contributed by atoms with E-state index < -0.39 is 6.10 Å². The summed E-state index contributed by atoms with van der Waals surface area (Å²) < 4.78 is 18.1. The molecule has 0 radical (unpaired) electrons. The number of aliphatic hydroxyl groups is 1. The lowest BCUT2D eigenvalue weighted by Crippen LogP contribution is -2.14. The second kappa shape index (κ2) is 8.43. The van der Waals surface area contributed by atoms with Crippen LogP contribution in [-0.2, 0) is 10.9 Å². The maximum Gasteiger partial charge on any atom is 0.188 e. The molecule has 100 valence electrons. The van der Waals surface area contributed by atoms with Crippen molar-refractivity contribution in [2.75, 3.05) is 6.61 Å². The molecule has 1 aromatic rings. The summed E-state index contributed by atoms with van der Waals surface area (Å²) >= 11 is 0. The molecule has 4 nitrogen and oxygen atoms in total. The lowest BCUT2D eigenvalue weighted by molar-refractivity contribution is 0.106.